The Kier molecular flexibility index (Phi) is 4.94. The maximum atomic E-state index is 5.83. The molecule has 2 unspecified atom stereocenters. The Morgan fingerprint density at radius 1 is 1.10 bits per heavy atom. The summed E-state index contributed by atoms with van der Waals surface area (Å²) in [6.07, 6.45) is 4.56. The molecule has 1 aromatic rings. The van der Waals surface area contributed by atoms with Gasteiger partial charge in [0.2, 0.25) is 0 Å². The summed E-state index contributed by atoms with van der Waals surface area (Å²) in [6, 6.07) is 9.72. The summed E-state index contributed by atoms with van der Waals surface area (Å²) in [5, 5.41) is 3.62. The predicted molar refractivity (Wildman–Crippen MR) is 86.5 cm³/mol. The molecule has 0 aromatic heterocycles. The van der Waals surface area contributed by atoms with Crippen LogP contribution < -0.4 is 5.32 Å². The van der Waals surface area contributed by atoms with Crippen molar-refractivity contribution in [2.24, 2.45) is 0 Å². The molecule has 3 heteroatoms. The summed E-state index contributed by atoms with van der Waals surface area (Å²) < 4.78 is 5.83. The highest BCUT2D eigenvalue weighted by Crippen LogP contribution is 2.20. The maximum absolute atomic E-state index is 5.83. The van der Waals surface area contributed by atoms with E-state index >= 15 is 0 Å². The molecule has 1 saturated carbocycles. The SMILES string of the molecule is CC1CN(Cc2ccccc2CCNC2CC2)CC(C)O1. The summed E-state index contributed by atoms with van der Waals surface area (Å²) >= 11 is 0. The fraction of sp³-hybridized carbons (Fsp3) is 0.667. The Balaban J connectivity index is 1.58. The first-order valence-electron chi connectivity index (χ1n) is 8.38. The van der Waals surface area contributed by atoms with Gasteiger partial charge >= 0.3 is 0 Å². The van der Waals surface area contributed by atoms with Gasteiger partial charge in [0.05, 0.1) is 12.2 Å². The first kappa shape index (κ1) is 15.0. The number of ether oxygens (including phenoxy) is 1. The molecule has 3 rings (SSSR count). The van der Waals surface area contributed by atoms with Gasteiger partial charge in [-0.2, -0.15) is 0 Å². The standard InChI is InChI=1S/C18H28N2O/c1-14-11-20(12-15(2)21-14)13-17-6-4-3-5-16(17)9-10-19-18-7-8-18/h3-6,14-15,18-19H,7-13H2,1-2H3. The number of hydrogen-bond donors (Lipinski definition) is 1. The van der Waals surface area contributed by atoms with Crippen molar-refractivity contribution in [1.29, 1.82) is 0 Å². The molecule has 2 fully saturated rings. The van der Waals surface area contributed by atoms with Gasteiger partial charge in [-0.05, 0) is 50.8 Å². The molecule has 1 aromatic carbocycles. The molecular formula is C18H28N2O. The van der Waals surface area contributed by atoms with E-state index in [-0.39, 0.29) is 0 Å². The number of nitrogens with one attached hydrogen (secondary N) is 1. The first-order valence-corrected chi connectivity index (χ1v) is 8.38. The van der Waals surface area contributed by atoms with Gasteiger partial charge in [-0.25, -0.2) is 0 Å². The van der Waals surface area contributed by atoms with Crippen molar-refractivity contribution in [2.75, 3.05) is 19.6 Å². The van der Waals surface area contributed by atoms with Gasteiger partial charge in [0.15, 0.2) is 0 Å². The van der Waals surface area contributed by atoms with Crippen LogP contribution in [0.15, 0.2) is 24.3 Å². The third-order valence-corrected chi connectivity index (χ3v) is 4.41. The van der Waals surface area contributed by atoms with E-state index in [0.717, 1.165) is 38.6 Å². The third kappa shape index (κ3) is 4.53. The van der Waals surface area contributed by atoms with E-state index in [1.165, 1.54) is 24.0 Å². The second-order valence-corrected chi connectivity index (χ2v) is 6.70. The zero-order chi connectivity index (χ0) is 14.7. The molecule has 0 bridgehead atoms. The normalized spacial score (nSPS) is 27.0. The van der Waals surface area contributed by atoms with Gasteiger partial charge in [-0.15, -0.1) is 0 Å². The van der Waals surface area contributed by atoms with E-state index in [4.69, 9.17) is 4.74 Å². The van der Waals surface area contributed by atoms with Gasteiger partial charge in [0, 0.05) is 25.7 Å². The van der Waals surface area contributed by atoms with Crippen LogP contribution in [0, 0.1) is 0 Å². The number of rotatable bonds is 6. The molecule has 0 spiro atoms. The van der Waals surface area contributed by atoms with E-state index in [9.17, 15) is 0 Å². The van der Waals surface area contributed by atoms with Gasteiger partial charge < -0.3 is 10.1 Å². The van der Waals surface area contributed by atoms with E-state index in [1.54, 1.807) is 0 Å². The minimum absolute atomic E-state index is 0.345. The minimum atomic E-state index is 0.345. The van der Waals surface area contributed by atoms with Crippen LogP contribution in [0.1, 0.15) is 37.8 Å². The van der Waals surface area contributed by atoms with Crippen molar-refractivity contribution >= 4 is 0 Å². The molecule has 2 aliphatic rings. The van der Waals surface area contributed by atoms with E-state index in [2.05, 4.69) is 48.3 Å². The fourth-order valence-corrected chi connectivity index (χ4v) is 3.31. The molecule has 1 aliphatic carbocycles. The lowest BCUT2D eigenvalue weighted by atomic mass is 10.0. The number of hydrogen-bond acceptors (Lipinski definition) is 3. The van der Waals surface area contributed by atoms with Crippen LogP contribution in [0.3, 0.4) is 0 Å². The number of nitrogens with zero attached hydrogens (tertiary/aromatic N) is 1. The topological polar surface area (TPSA) is 24.5 Å². The molecule has 1 heterocycles. The van der Waals surface area contributed by atoms with Gasteiger partial charge in [0.1, 0.15) is 0 Å². The molecule has 116 valence electrons. The first-order chi connectivity index (χ1) is 10.2. The van der Waals surface area contributed by atoms with Crippen molar-refractivity contribution in [1.82, 2.24) is 10.2 Å². The number of benzene rings is 1. The lowest BCUT2D eigenvalue weighted by molar-refractivity contribution is -0.0705. The van der Waals surface area contributed by atoms with Gasteiger partial charge in [-0.1, -0.05) is 24.3 Å². The van der Waals surface area contributed by atoms with Crippen molar-refractivity contribution in [3.63, 3.8) is 0 Å². The summed E-state index contributed by atoms with van der Waals surface area (Å²) in [5.41, 5.74) is 2.98. The van der Waals surface area contributed by atoms with Crippen LogP contribution in [0.4, 0.5) is 0 Å². The Morgan fingerprint density at radius 3 is 2.43 bits per heavy atom. The Labute approximate surface area is 128 Å². The Morgan fingerprint density at radius 2 is 1.76 bits per heavy atom. The quantitative estimate of drug-likeness (QED) is 0.871. The van der Waals surface area contributed by atoms with Crippen LogP contribution in [-0.2, 0) is 17.7 Å². The second-order valence-electron chi connectivity index (χ2n) is 6.70. The highest BCUT2D eigenvalue weighted by molar-refractivity contribution is 5.27. The average molecular weight is 288 g/mol. The van der Waals surface area contributed by atoms with E-state index in [1.807, 2.05) is 0 Å². The highest BCUT2D eigenvalue weighted by atomic mass is 16.5. The van der Waals surface area contributed by atoms with E-state index < -0.39 is 0 Å². The van der Waals surface area contributed by atoms with Crippen LogP contribution in [0.5, 0.6) is 0 Å². The molecule has 21 heavy (non-hydrogen) atoms. The second kappa shape index (κ2) is 6.91. The smallest absolute Gasteiger partial charge is 0.0678 e. The summed E-state index contributed by atoms with van der Waals surface area (Å²) in [6.45, 7) is 8.59. The lowest BCUT2D eigenvalue weighted by Gasteiger charge is -2.35. The largest absolute Gasteiger partial charge is 0.373 e. The summed E-state index contributed by atoms with van der Waals surface area (Å²) in [4.78, 5) is 2.53. The van der Waals surface area contributed by atoms with Crippen molar-refractivity contribution < 1.29 is 4.74 Å². The Hall–Kier alpha value is -0.900. The van der Waals surface area contributed by atoms with Crippen LogP contribution in [-0.4, -0.2) is 42.8 Å². The molecule has 1 aliphatic heterocycles. The van der Waals surface area contributed by atoms with Crippen molar-refractivity contribution in [3.8, 4) is 0 Å². The average Bonchev–Trinajstić information content (AvgIpc) is 3.24. The monoisotopic (exact) mass is 288 g/mol. The van der Waals surface area contributed by atoms with Gasteiger partial charge in [0.25, 0.3) is 0 Å². The van der Waals surface area contributed by atoms with Gasteiger partial charge in [-0.3, -0.25) is 4.90 Å². The van der Waals surface area contributed by atoms with Crippen LogP contribution >= 0.6 is 0 Å². The molecular weight excluding hydrogens is 260 g/mol. The van der Waals surface area contributed by atoms with E-state index in [0.29, 0.717) is 12.2 Å². The third-order valence-electron chi connectivity index (χ3n) is 4.41. The van der Waals surface area contributed by atoms with Crippen LogP contribution in [0.25, 0.3) is 0 Å². The predicted octanol–water partition coefficient (Wildman–Crippen LogP) is 2.59. The zero-order valence-electron chi connectivity index (χ0n) is 13.3. The fourth-order valence-electron chi connectivity index (χ4n) is 3.31. The molecule has 1 N–H and O–H groups in total. The highest BCUT2D eigenvalue weighted by Gasteiger charge is 2.23. The molecule has 0 amide bonds. The molecule has 0 radical (unpaired) electrons. The molecule has 3 nitrogen and oxygen atoms in total. The van der Waals surface area contributed by atoms with Crippen LogP contribution in [0.2, 0.25) is 0 Å². The summed E-state index contributed by atoms with van der Waals surface area (Å²) in [5.74, 6) is 0. The zero-order valence-corrected chi connectivity index (χ0v) is 13.3. The molecule has 2 atom stereocenters. The molecule has 1 saturated heterocycles. The lowest BCUT2D eigenvalue weighted by Crippen LogP contribution is -2.44. The summed E-state index contributed by atoms with van der Waals surface area (Å²) in [7, 11) is 0. The van der Waals surface area contributed by atoms with Crippen molar-refractivity contribution in [3.05, 3.63) is 35.4 Å². The van der Waals surface area contributed by atoms with Crippen molar-refractivity contribution in [2.45, 2.75) is 57.9 Å². The maximum Gasteiger partial charge on any atom is 0.0678 e. The number of morpholine rings is 1. The Bertz CT molecular complexity index is 448. The minimum Gasteiger partial charge on any atom is -0.373 e.